The fraction of sp³-hybridized carbons (Fsp3) is 0.267. The lowest BCUT2D eigenvalue weighted by molar-refractivity contribution is -0.123. The normalized spacial score (nSPS) is 15.5. The van der Waals surface area contributed by atoms with E-state index in [1.807, 2.05) is 39.0 Å². The molecule has 0 radical (unpaired) electrons. The van der Waals surface area contributed by atoms with Crippen LogP contribution in [0, 0.1) is 5.82 Å². The number of benzene rings is 2. The van der Waals surface area contributed by atoms with E-state index in [-0.39, 0.29) is 29.9 Å². The lowest BCUT2D eigenvalue weighted by Gasteiger charge is -2.24. The van der Waals surface area contributed by atoms with E-state index >= 15 is 4.39 Å². The Morgan fingerprint density at radius 3 is 2.58 bits per heavy atom. The highest BCUT2D eigenvalue weighted by molar-refractivity contribution is 8.00. The summed E-state index contributed by atoms with van der Waals surface area (Å²) in [6.07, 6.45) is 3.31. The quantitative estimate of drug-likeness (QED) is 0.311. The first-order valence-electron chi connectivity index (χ1n) is 12.8. The van der Waals surface area contributed by atoms with Crippen LogP contribution in [0.5, 0.6) is 0 Å². The predicted molar refractivity (Wildman–Crippen MR) is 156 cm³/mol. The van der Waals surface area contributed by atoms with Crippen molar-refractivity contribution in [3.8, 4) is 5.69 Å². The van der Waals surface area contributed by atoms with E-state index in [9.17, 15) is 9.59 Å². The molecule has 2 aromatic heterocycles. The van der Waals surface area contributed by atoms with Crippen LogP contribution in [0.3, 0.4) is 0 Å². The van der Waals surface area contributed by atoms with Crippen LogP contribution in [0.25, 0.3) is 5.69 Å². The van der Waals surface area contributed by atoms with E-state index in [1.54, 1.807) is 53.5 Å². The number of thioether (sulfide) groups is 1. The molecule has 0 saturated heterocycles. The molecule has 2 aromatic carbocycles. The molecule has 0 aliphatic carbocycles. The van der Waals surface area contributed by atoms with Gasteiger partial charge in [0.2, 0.25) is 11.8 Å². The molecule has 40 heavy (non-hydrogen) atoms. The second kappa shape index (κ2) is 11.4. The molecule has 1 N–H and O–H groups in total. The van der Waals surface area contributed by atoms with Crippen molar-refractivity contribution in [2.45, 2.75) is 38.0 Å². The van der Waals surface area contributed by atoms with Crippen molar-refractivity contribution in [1.82, 2.24) is 20.1 Å². The second-order valence-corrected chi connectivity index (χ2v) is 12.1. The SMILES string of the molecule is CC(C)(C)c1nn(-c2cccc(Cl)c2)c2c1[C@@H](c1ccccc1F)SCC(=O)N2CC(=O)NCc1ccncc1. The first kappa shape index (κ1) is 27.9. The number of hydrogen-bond donors (Lipinski definition) is 1. The van der Waals surface area contributed by atoms with Gasteiger partial charge >= 0.3 is 0 Å². The van der Waals surface area contributed by atoms with Crippen molar-refractivity contribution < 1.29 is 14.0 Å². The maximum atomic E-state index is 15.3. The highest BCUT2D eigenvalue weighted by atomic mass is 35.5. The number of rotatable bonds is 6. The Morgan fingerprint density at radius 1 is 1.12 bits per heavy atom. The molecule has 0 bridgehead atoms. The summed E-state index contributed by atoms with van der Waals surface area (Å²) in [5, 5.41) is 7.87. The van der Waals surface area contributed by atoms with Crippen LogP contribution in [0.1, 0.15) is 48.4 Å². The number of pyridine rings is 1. The van der Waals surface area contributed by atoms with Gasteiger partial charge in [-0.25, -0.2) is 9.07 Å². The number of amides is 2. The van der Waals surface area contributed by atoms with Gasteiger partial charge in [0.15, 0.2) is 0 Å². The maximum Gasteiger partial charge on any atom is 0.240 e. The Bertz CT molecular complexity index is 1550. The van der Waals surface area contributed by atoms with Crippen LogP contribution >= 0.6 is 23.4 Å². The number of carbonyl (C=O) groups is 2. The minimum absolute atomic E-state index is 0.0600. The van der Waals surface area contributed by atoms with E-state index in [2.05, 4.69) is 10.3 Å². The van der Waals surface area contributed by atoms with Gasteiger partial charge in [0.25, 0.3) is 0 Å². The topological polar surface area (TPSA) is 80.1 Å². The fourth-order valence-electron chi connectivity index (χ4n) is 4.70. The molecule has 0 fully saturated rings. The molecule has 2 amide bonds. The average molecular weight is 578 g/mol. The number of nitrogens with one attached hydrogen (secondary N) is 1. The average Bonchev–Trinajstić information content (AvgIpc) is 3.27. The van der Waals surface area contributed by atoms with Gasteiger partial charge in [-0.15, -0.1) is 11.8 Å². The van der Waals surface area contributed by atoms with Gasteiger partial charge in [0.05, 0.1) is 22.4 Å². The summed E-state index contributed by atoms with van der Waals surface area (Å²) in [4.78, 5) is 32.4. The van der Waals surface area contributed by atoms with Crippen LogP contribution in [-0.2, 0) is 21.5 Å². The Kier molecular flexibility index (Phi) is 7.96. The lowest BCUT2D eigenvalue weighted by atomic mass is 9.87. The van der Waals surface area contributed by atoms with Crippen molar-refractivity contribution in [3.63, 3.8) is 0 Å². The van der Waals surface area contributed by atoms with Gasteiger partial charge in [-0.3, -0.25) is 19.5 Å². The van der Waals surface area contributed by atoms with Crippen molar-refractivity contribution in [1.29, 1.82) is 0 Å². The Morgan fingerprint density at radius 2 is 1.88 bits per heavy atom. The largest absolute Gasteiger partial charge is 0.350 e. The monoisotopic (exact) mass is 577 g/mol. The third-order valence-electron chi connectivity index (χ3n) is 6.58. The van der Waals surface area contributed by atoms with Crippen molar-refractivity contribution in [3.05, 3.63) is 106 Å². The smallest absolute Gasteiger partial charge is 0.240 e. The first-order valence-corrected chi connectivity index (χ1v) is 14.3. The molecule has 3 heterocycles. The number of halogens is 2. The predicted octanol–water partition coefficient (Wildman–Crippen LogP) is 5.84. The molecule has 1 aliphatic heterocycles. The van der Waals surface area contributed by atoms with Crippen LogP contribution in [0.4, 0.5) is 10.2 Å². The fourth-order valence-corrected chi connectivity index (χ4v) is 6.10. The summed E-state index contributed by atoms with van der Waals surface area (Å²) in [5.74, 6) is -0.467. The van der Waals surface area contributed by atoms with E-state index in [1.165, 1.54) is 22.7 Å². The molecule has 0 saturated carbocycles. The number of nitrogens with zero attached hydrogens (tertiary/aromatic N) is 4. The van der Waals surface area contributed by atoms with Crippen molar-refractivity contribution in [2.75, 3.05) is 17.2 Å². The minimum atomic E-state index is -0.521. The Balaban J connectivity index is 1.67. The number of aromatic nitrogens is 3. The molecule has 206 valence electrons. The zero-order valence-electron chi connectivity index (χ0n) is 22.4. The number of carbonyl (C=O) groups excluding carboxylic acids is 2. The van der Waals surface area contributed by atoms with Gasteiger partial charge in [-0.05, 0) is 42.0 Å². The second-order valence-electron chi connectivity index (χ2n) is 10.6. The first-order chi connectivity index (χ1) is 19.1. The van der Waals surface area contributed by atoms with Crippen LogP contribution in [0.15, 0.2) is 73.1 Å². The standard InChI is InChI=1S/C30H29ClFN5O2S/c1-30(2,3)28-26-27(22-9-4-5-10-23(22)32)40-18-25(39)36(17-24(38)34-16-19-11-13-33-14-12-19)29(26)37(35-28)21-8-6-7-20(31)15-21/h4-15,27H,16-18H2,1-3H3,(H,34,38)/t27-/m1/s1. The summed E-state index contributed by atoms with van der Waals surface area (Å²) in [6, 6.07) is 17.4. The maximum absolute atomic E-state index is 15.3. The lowest BCUT2D eigenvalue weighted by Crippen LogP contribution is -2.42. The van der Waals surface area contributed by atoms with Gasteiger partial charge < -0.3 is 5.32 Å². The van der Waals surface area contributed by atoms with E-state index < -0.39 is 10.7 Å². The van der Waals surface area contributed by atoms with Gasteiger partial charge in [0.1, 0.15) is 18.2 Å². The highest BCUT2D eigenvalue weighted by Crippen LogP contribution is 2.48. The van der Waals surface area contributed by atoms with Crippen molar-refractivity contribution >= 4 is 41.0 Å². The van der Waals surface area contributed by atoms with E-state index in [0.29, 0.717) is 39.9 Å². The van der Waals surface area contributed by atoms with Crippen LogP contribution in [0.2, 0.25) is 5.02 Å². The molecule has 10 heteroatoms. The Labute approximate surface area is 241 Å². The van der Waals surface area contributed by atoms with Crippen LogP contribution < -0.4 is 10.2 Å². The highest BCUT2D eigenvalue weighted by Gasteiger charge is 2.40. The summed E-state index contributed by atoms with van der Waals surface area (Å²) in [6.45, 7) is 6.15. The molecule has 0 unspecified atom stereocenters. The van der Waals surface area contributed by atoms with Crippen molar-refractivity contribution in [2.24, 2.45) is 0 Å². The molecule has 0 spiro atoms. The number of hydrogen-bond acceptors (Lipinski definition) is 5. The van der Waals surface area contributed by atoms with Gasteiger partial charge in [-0.1, -0.05) is 56.6 Å². The molecule has 7 nitrogen and oxygen atoms in total. The minimum Gasteiger partial charge on any atom is -0.350 e. The molecule has 4 aromatic rings. The zero-order valence-corrected chi connectivity index (χ0v) is 24.0. The van der Waals surface area contributed by atoms with Crippen LogP contribution in [-0.4, -0.2) is 38.9 Å². The zero-order chi connectivity index (χ0) is 28.4. The molecular formula is C30H29ClFN5O2S. The molecular weight excluding hydrogens is 549 g/mol. The third-order valence-corrected chi connectivity index (χ3v) is 8.05. The summed E-state index contributed by atoms with van der Waals surface area (Å²) < 4.78 is 16.9. The van der Waals surface area contributed by atoms with E-state index in [4.69, 9.17) is 16.7 Å². The summed E-state index contributed by atoms with van der Waals surface area (Å²) >= 11 is 7.69. The molecule has 5 rings (SSSR count). The molecule has 1 aliphatic rings. The Hall–Kier alpha value is -3.69. The van der Waals surface area contributed by atoms with Gasteiger partial charge in [-0.2, -0.15) is 5.10 Å². The summed E-state index contributed by atoms with van der Waals surface area (Å²) in [5.41, 5.74) is 2.94. The van der Waals surface area contributed by atoms with Gasteiger partial charge in [0, 0.05) is 40.5 Å². The number of anilines is 1. The number of fused-ring (bicyclic) bond motifs is 1. The van der Waals surface area contributed by atoms with E-state index in [0.717, 1.165) is 5.56 Å². The third kappa shape index (κ3) is 5.76. The summed E-state index contributed by atoms with van der Waals surface area (Å²) in [7, 11) is 0. The molecule has 1 atom stereocenters.